The Morgan fingerprint density at radius 3 is 2.64 bits per heavy atom. The molecule has 0 heterocycles. The molecule has 0 aromatic heterocycles. The van der Waals surface area contributed by atoms with Gasteiger partial charge in [0.25, 0.3) is 0 Å². The van der Waals surface area contributed by atoms with Crippen molar-refractivity contribution in [2.45, 2.75) is 45.1 Å². The van der Waals surface area contributed by atoms with E-state index in [-0.39, 0.29) is 0 Å². The maximum atomic E-state index is 4.14. The van der Waals surface area contributed by atoms with Gasteiger partial charge in [-0.2, -0.15) is 0 Å². The van der Waals surface area contributed by atoms with Crippen LogP contribution in [0.15, 0.2) is 4.99 Å². The van der Waals surface area contributed by atoms with Crippen molar-refractivity contribution in [2.24, 2.45) is 10.9 Å². The molecule has 0 aliphatic heterocycles. The van der Waals surface area contributed by atoms with Gasteiger partial charge in [0.1, 0.15) is 0 Å². The molecule has 0 aromatic rings. The average molecular weight is 197 g/mol. The van der Waals surface area contributed by atoms with Gasteiger partial charge in [-0.1, -0.05) is 19.8 Å². The minimum absolute atomic E-state index is 0.617. The number of hydrogen-bond donors (Lipinski definition) is 2. The van der Waals surface area contributed by atoms with E-state index in [0.717, 1.165) is 11.9 Å². The molecule has 0 aromatic carbocycles. The molecule has 14 heavy (non-hydrogen) atoms. The van der Waals surface area contributed by atoms with Gasteiger partial charge in [0, 0.05) is 20.1 Å². The molecule has 82 valence electrons. The van der Waals surface area contributed by atoms with Gasteiger partial charge in [-0.3, -0.25) is 4.99 Å². The van der Waals surface area contributed by atoms with Crippen molar-refractivity contribution in [3.63, 3.8) is 0 Å². The number of guanidine groups is 1. The second kappa shape index (κ2) is 5.89. The maximum absolute atomic E-state index is 4.14. The van der Waals surface area contributed by atoms with Crippen molar-refractivity contribution in [3.8, 4) is 0 Å². The highest BCUT2D eigenvalue weighted by Crippen LogP contribution is 2.22. The minimum atomic E-state index is 0.617. The van der Waals surface area contributed by atoms with E-state index in [0.29, 0.717) is 6.04 Å². The SMILES string of the molecule is CN=C(NC)NC1CCCC(C)CC1. The van der Waals surface area contributed by atoms with Crippen LogP contribution in [0.25, 0.3) is 0 Å². The standard InChI is InChI=1S/C11H23N3/c1-9-5-4-6-10(8-7-9)14-11(12-2)13-3/h9-10H,4-8H2,1-3H3,(H2,12,13,14). The van der Waals surface area contributed by atoms with Crippen LogP contribution >= 0.6 is 0 Å². The molecule has 2 N–H and O–H groups in total. The van der Waals surface area contributed by atoms with Gasteiger partial charge in [-0.05, 0) is 25.2 Å². The largest absolute Gasteiger partial charge is 0.359 e. The van der Waals surface area contributed by atoms with Crippen LogP contribution in [0, 0.1) is 5.92 Å². The summed E-state index contributed by atoms with van der Waals surface area (Å²) in [5.41, 5.74) is 0. The highest BCUT2D eigenvalue weighted by Gasteiger charge is 2.16. The lowest BCUT2D eigenvalue weighted by molar-refractivity contribution is 0.488. The zero-order valence-corrected chi connectivity index (χ0v) is 9.64. The normalized spacial score (nSPS) is 29.5. The second-order valence-corrected chi connectivity index (χ2v) is 4.28. The third kappa shape index (κ3) is 3.56. The Kier molecular flexibility index (Phi) is 4.77. The topological polar surface area (TPSA) is 36.4 Å². The molecule has 1 fully saturated rings. The fourth-order valence-corrected chi connectivity index (χ4v) is 2.07. The van der Waals surface area contributed by atoms with Crippen molar-refractivity contribution < 1.29 is 0 Å². The van der Waals surface area contributed by atoms with E-state index in [1.165, 1.54) is 32.1 Å². The number of nitrogens with zero attached hydrogens (tertiary/aromatic N) is 1. The first-order chi connectivity index (χ1) is 6.76. The summed E-state index contributed by atoms with van der Waals surface area (Å²) in [4.78, 5) is 4.14. The van der Waals surface area contributed by atoms with Gasteiger partial charge >= 0.3 is 0 Å². The summed E-state index contributed by atoms with van der Waals surface area (Å²) in [7, 11) is 3.73. The third-order valence-corrected chi connectivity index (χ3v) is 3.06. The Balaban J connectivity index is 2.37. The van der Waals surface area contributed by atoms with E-state index in [1.807, 2.05) is 14.1 Å². The highest BCUT2D eigenvalue weighted by atomic mass is 15.2. The molecule has 0 spiro atoms. The summed E-state index contributed by atoms with van der Waals surface area (Å²) >= 11 is 0. The van der Waals surface area contributed by atoms with E-state index in [9.17, 15) is 0 Å². The van der Waals surface area contributed by atoms with E-state index in [2.05, 4.69) is 22.5 Å². The van der Waals surface area contributed by atoms with Gasteiger partial charge in [0.05, 0.1) is 0 Å². The molecule has 0 radical (unpaired) electrons. The van der Waals surface area contributed by atoms with Crippen LogP contribution < -0.4 is 10.6 Å². The summed E-state index contributed by atoms with van der Waals surface area (Å²) in [6.45, 7) is 2.36. The predicted molar refractivity (Wildman–Crippen MR) is 61.6 cm³/mol. The van der Waals surface area contributed by atoms with Crippen molar-refractivity contribution in [3.05, 3.63) is 0 Å². The molecule has 1 aliphatic carbocycles. The molecule has 0 bridgehead atoms. The van der Waals surface area contributed by atoms with E-state index in [4.69, 9.17) is 0 Å². The van der Waals surface area contributed by atoms with E-state index >= 15 is 0 Å². The summed E-state index contributed by atoms with van der Waals surface area (Å²) in [6.07, 6.45) is 6.64. The van der Waals surface area contributed by atoms with Crippen molar-refractivity contribution in [1.29, 1.82) is 0 Å². The van der Waals surface area contributed by atoms with Crippen LogP contribution in [-0.2, 0) is 0 Å². The quantitative estimate of drug-likeness (QED) is 0.382. The number of aliphatic imine (C=N–C) groups is 1. The van der Waals surface area contributed by atoms with Crippen molar-refractivity contribution in [1.82, 2.24) is 10.6 Å². The molecule has 2 atom stereocenters. The first-order valence-electron chi connectivity index (χ1n) is 5.67. The van der Waals surface area contributed by atoms with Crippen LogP contribution in [0.4, 0.5) is 0 Å². The van der Waals surface area contributed by atoms with Crippen LogP contribution in [0.2, 0.25) is 0 Å². The first-order valence-corrected chi connectivity index (χ1v) is 5.67. The van der Waals surface area contributed by atoms with Gasteiger partial charge in [-0.25, -0.2) is 0 Å². The minimum Gasteiger partial charge on any atom is -0.359 e. The van der Waals surface area contributed by atoms with Crippen LogP contribution in [-0.4, -0.2) is 26.1 Å². The van der Waals surface area contributed by atoms with E-state index < -0.39 is 0 Å². The molecular weight excluding hydrogens is 174 g/mol. The molecule has 1 saturated carbocycles. The van der Waals surface area contributed by atoms with Crippen LogP contribution in [0.3, 0.4) is 0 Å². The lowest BCUT2D eigenvalue weighted by Gasteiger charge is -2.18. The summed E-state index contributed by atoms with van der Waals surface area (Å²) in [5, 5.41) is 6.52. The smallest absolute Gasteiger partial charge is 0.190 e. The average Bonchev–Trinajstić information content (AvgIpc) is 2.40. The molecule has 1 aliphatic rings. The Morgan fingerprint density at radius 1 is 1.21 bits per heavy atom. The molecule has 0 amide bonds. The summed E-state index contributed by atoms with van der Waals surface area (Å²) in [6, 6.07) is 0.617. The lowest BCUT2D eigenvalue weighted by Crippen LogP contribution is -2.41. The summed E-state index contributed by atoms with van der Waals surface area (Å²) < 4.78 is 0. The zero-order chi connectivity index (χ0) is 10.4. The monoisotopic (exact) mass is 197 g/mol. The molecule has 3 nitrogen and oxygen atoms in total. The Bertz CT molecular complexity index is 189. The Labute approximate surface area is 87.4 Å². The third-order valence-electron chi connectivity index (χ3n) is 3.06. The number of rotatable bonds is 1. The van der Waals surface area contributed by atoms with Crippen molar-refractivity contribution in [2.75, 3.05) is 14.1 Å². The molecule has 3 heteroatoms. The number of hydrogen-bond acceptors (Lipinski definition) is 1. The predicted octanol–water partition coefficient (Wildman–Crippen LogP) is 1.75. The van der Waals surface area contributed by atoms with Gasteiger partial charge in [-0.15, -0.1) is 0 Å². The molecular formula is C11H23N3. The number of nitrogens with one attached hydrogen (secondary N) is 2. The summed E-state index contributed by atoms with van der Waals surface area (Å²) in [5.74, 6) is 1.82. The Hall–Kier alpha value is -0.730. The van der Waals surface area contributed by atoms with Crippen LogP contribution in [0.1, 0.15) is 39.0 Å². The van der Waals surface area contributed by atoms with Gasteiger partial charge in [0.15, 0.2) is 5.96 Å². The molecule has 1 rings (SSSR count). The fraction of sp³-hybridized carbons (Fsp3) is 0.909. The first kappa shape index (κ1) is 11.3. The van der Waals surface area contributed by atoms with E-state index in [1.54, 1.807) is 0 Å². The van der Waals surface area contributed by atoms with Crippen molar-refractivity contribution >= 4 is 5.96 Å². The fourth-order valence-electron chi connectivity index (χ4n) is 2.07. The molecule has 0 saturated heterocycles. The maximum Gasteiger partial charge on any atom is 0.190 e. The zero-order valence-electron chi connectivity index (χ0n) is 9.64. The second-order valence-electron chi connectivity index (χ2n) is 4.28. The Morgan fingerprint density at radius 2 is 2.00 bits per heavy atom. The van der Waals surface area contributed by atoms with Crippen LogP contribution in [0.5, 0.6) is 0 Å². The van der Waals surface area contributed by atoms with Gasteiger partial charge < -0.3 is 10.6 Å². The van der Waals surface area contributed by atoms with Gasteiger partial charge in [0.2, 0.25) is 0 Å². The highest BCUT2D eigenvalue weighted by molar-refractivity contribution is 5.79. The lowest BCUT2D eigenvalue weighted by atomic mass is 10.0. The molecule has 2 unspecified atom stereocenters.